The molecular formula is C35H41FN8O7S. The second kappa shape index (κ2) is 13.9. The number of nitrogens with zero attached hydrogens (tertiary/aromatic N) is 5. The third-order valence-electron chi connectivity index (χ3n) is 10.2. The van der Waals surface area contributed by atoms with Crippen molar-refractivity contribution in [1.82, 2.24) is 40.0 Å². The van der Waals surface area contributed by atoms with Crippen LogP contribution in [0.25, 0.3) is 11.0 Å². The highest BCUT2D eigenvalue weighted by Crippen LogP contribution is 2.46. The molecule has 0 spiro atoms. The number of benzene rings is 1. The van der Waals surface area contributed by atoms with Crippen LogP contribution in [0.15, 0.2) is 42.6 Å². The molecule has 52 heavy (non-hydrogen) atoms. The number of rotatable bonds is 7. The van der Waals surface area contributed by atoms with E-state index in [-0.39, 0.29) is 36.5 Å². The number of fused-ring (bicyclic) bond motifs is 3. The van der Waals surface area contributed by atoms with Gasteiger partial charge in [0.2, 0.25) is 27.7 Å². The first-order valence-corrected chi connectivity index (χ1v) is 19.1. The minimum Gasteiger partial charge on any atom is -0.471 e. The van der Waals surface area contributed by atoms with Crippen LogP contribution in [0.3, 0.4) is 0 Å². The molecule has 2 aliphatic carbocycles. The van der Waals surface area contributed by atoms with Gasteiger partial charge in [0, 0.05) is 31.6 Å². The Morgan fingerprint density at radius 1 is 1.08 bits per heavy atom. The molecule has 1 saturated heterocycles. The van der Waals surface area contributed by atoms with Crippen LogP contribution in [-0.4, -0.2) is 92.2 Å². The van der Waals surface area contributed by atoms with Crippen molar-refractivity contribution in [2.45, 2.75) is 93.7 Å². The zero-order valence-electron chi connectivity index (χ0n) is 28.9. The van der Waals surface area contributed by atoms with Crippen molar-refractivity contribution in [3.05, 3.63) is 59.8 Å². The van der Waals surface area contributed by atoms with Crippen molar-refractivity contribution in [3.8, 4) is 5.88 Å². The highest BCUT2D eigenvalue weighted by Gasteiger charge is 2.62. The normalized spacial score (nSPS) is 27.4. The lowest BCUT2D eigenvalue weighted by molar-refractivity contribution is -0.141. The summed E-state index contributed by atoms with van der Waals surface area (Å²) in [7, 11) is -2.29. The van der Waals surface area contributed by atoms with E-state index in [9.17, 15) is 32.0 Å². The van der Waals surface area contributed by atoms with Gasteiger partial charge in [-0.1, -0.05) is 25.0 Å². The molecule has 3 N–H and O–H groups in total. The average Bonchev–Trinajstić information content (AvgIpc) is 3.99. The van der Waals surface area contributed by atoms with Gasteiger partial charge in [0.1, 0.15) is 40.9 Å². The van der Waals surface area contributed by atoms with Gasteiger partial charge in [0.25, 0.3) is 11.8 Å². The zero-order chi connectivity index (χ0) is 36.8. The van der Waals surface area contributed by atoms with Gasteiger partial charge in [-0.25, -0.2) is 22.8 Å². The Bertz CT molecular complexity index is 2070. The molecule has 0 radical (unpaired) electrons. The highest BCUT2D eigenvalue weighted by molar-refractivity contribution is 7.91. The topological polar surface area (TPSA) is 195 Å². The minimum atomic E-state index is -3.91. The highest BCUT2D eigenvalue weighted by atomic mass is 32.2. The molecule has 15 nitrogen and oxygen atoms in total. The molecule has 276 valence electrons. The molecule has 5 atom stereocenters. The monoisotopic (exact) mass is 736 g/mol. The number of carbonyl (C=O) groups excluding carboxylic acids is 4. The number of aryl methyl sites for hydroxylation is 2. The van der Waals surface area contributed by atoms with E-state index in [1.165, 1.54) is 40.0 Å². The average molecular weight is 737 g/mol. The van der Waals surface area contributed by atoms with Crippen molar-refractivity contribution in [1.29, 1.82) is 0 Å². The molecule has 17 heteroatoms. The summed E-state index contributed by atoms with van der Waals surface area (Å²) in [6.07, 6.45) is 8.68. The summed E-state index contributed by atoms with van der Waals surface area (Å²) in [6.45, 7) is 1.61. The molecule has 3 aromatic rings. The molecule has 1 unspecified atom stereocenters. The molecule has 4 aliphatic rings. The van der Waals surface area contributed by atoms with Crippen molar-refractivity contribution in [2.75, 3.05) is 6.54 Å². The van der Waals surface area contributed by atoms with Crippen LogP contribution in [0.5, 0.6) is 5.88 Å². The maximum absolute atomic E-state index is 14.5. The lowest BCUT2D eigenvalue weighted by atomic mass is 10.0. The number of sulfonamides is 1. The third-order valence-corrected chi connectivity index (χ3v) is 12.1. The van der Waals surface area contributed by atoms with Gasteiger partial charge < -0.3 is 20.3 Å². The standard InChI is InChI=1S/C35H41FN8O7S/c1-20-32(40-27-16-22(36)10-13-25(27)38-20)51-23-17-29-31(46)41-35(34(48)42-52(49,50)24-11-12-24)18-21(35)8-6-4-3-5-7-9-26(33(47)44(29)19-23)39-30(45)28-14-15-37-43(28)2/h6,8,10,13-16,21,23-24,26,29H,3-5,7,9,11-12,17-19H2,1-2H3,(H,39,45)(H,41,46)(H,42,48)/b8-6-/t21?,23-,26+,29+,35-/m1/s1. The van der Waals surface area contributed by atoms with Crippen LogP contribution in [0.2, 0.25) is 0 Å². The first kappa shape index (κ1) is 35.5. The number of hydrogen-bond acceptors (Lipinski definition) is 10. The molecular weight excluding hydrogens is 695 g/mol. The molecule has 4 amide bonds. The van der Waals surface area contributed by atoms with E-state index in [1.807, 2.05) is 12.2 Å². The van der Waals surface area contributed by atoms with Crippen molar-refractivity contribution in [2.24, 2.45) is 13.0 Å². The van der Waals surface area contributed by atoms with E-state index in [0.29, 0.717) is 43.3 Å². The van der Waals surface area contributed by atoms with Gasteiger partial charge in [0.15, 0.2) is 0 Å². The maximum atomic E-state index is 14.5. The van der Waals surface area contributed by atoms with E-state index >= 15 is 0 Å². The fourth-order valence-corrected chi connectivity index (χ4v) is 8.41. The van der Waals surface area contributed by atoms with Crippen molar-refractivity contribution >= 4 is 44.7 Å². The van der Waals surface area contributed by atoms with Crippen LogP contribution in [0.4, 0.5) is 4.39 Å². The summed E-state index contributed by atoms with van der Waals surface area (Å²) in [4.78, 5) is 66.0. The molecule has 7 rings (SSSR count). The van der Waals surface area contributed by atoms with Gasteiger partial charge in [-0.05, 0) is 63.6 Å². The van der Waals surface area contributed by atoms with Crippen molar-refractivity contribution in [3.63, 3.8) is 0 Å². The summed E-state index contributed by atoms with van der Waals surface area (Å²) in [5.74, 6) is -3.34. The summed E-state index contributed by atoms with van der Waals surface area (Å²) in [6, 6.07) is 3.39. The Kier molecular flexibility index (Phi) is 9.48. The van der Waals surface area contributed by atoms with Gasteiger partial charge in [0.05, 0.1) is 22.8 Å². The van der Waals surface area contributed by atoms with E-state index in [4.69, 9.17) is 4.74 Å². The first-order valence-electron chi connectivity index (χ1n) is 17.6. The maximum Gasteiger partial charge on any atom is 0.270 e. The zero-order valence-corrected chi connectivity index (χ0v) is 29.7. The second-order valence-corrected chi connectivity index (χ2v) is 16.1. The van der Waals surface area contributed by atoms with Crippen LogP contribution in [0, 0.1) is 18.7 Å². The fourth-order valence-electron chi connectivity index (χ4n) is 7.05. The molecule has 3 fully saturated rings. The Morgan fingerprint density at radius 2 is 1.88 bits per heavy atom. The van der Waals surface area contributed by atoms with Gasteiger partial charge in [-0.3, -0.25) is 28.6 Å². The Balaban J connectivity index is 1.20. The van der Waals surface area contributed by atoms with Gasteiger partial charge in [-0.15, -0.1) is 0 Å². The number of carbonyl (C=O) groups is 4. The molecule has 2 saturated carbocycles. The summed E-state index contributed by atoms with van der Waals surface area (Å²) >= 11 is 0. The van der Waals surface area contributed by atoms with Crippen LogP contribution in [0.1, 0.15) is 74.0 Å². The number of halogens is 1. The quantitative estimate of drug-likeness (QED) is 0.302. The predicted molar refractivity (Wildman–Crippen MR) is 185 cm³/mol. The summed E-state index contributed by atoms with van der Waals surface area (Å²) in [5, 5.41) is 9.10. The van der Waals surface area contributed by atoms with Crippen molar-refractivity contribution < 1.29 is 36.7 Å². The molecule has 2 aromatic heterocycles. The molecule has 0 bridgehead atoms. The Labute approximate surface area is 299 Å². The van der Waals surface area contributed by atoms with E-state index < -0.39 is 74.4 Å². The lowest BCUT2D eigenvalue weighted by Gasteiger charge is -2.30. The Hall–Kier alpha value is -4.93. The Morgan fingerprint density at radius 3 is 2.63 bits per heavy atom. The second-order valence-electron chi connectivity index (χ2n) is 14.1. The predicted octanol–water partition coefficient (Wildman–Crippen LogP) is 1.96. The van der Waals surface area contributed by atoms with Crippen LogP contribution < -0.4 is 20.1 Å². The summed E-state index contributed by atoms with van der Waals surface area (Å²) in [5.41, 5.74) is -0.127. The largest absolute Gasteiger partial charge is 0.471 e. The summed E-state index contributed by atoms with van der Waals surface area (Å²) < 4.78 is 49.4. The van der Waals surface area contributed by atoms with E-state index in [2.05, 4.69) is 30.4 Å². The van der Waals surface area contributed by atoms with E-state index in [0.717, 1.165) is 12.8 Å². The third kappa shape index (κ3) is 7.22. The fraction of sp³-hybridized carbons (Fsp3) is 0.514. The smallest absolute Gasteiger partial charge is 0.270 e. The number of allylic oxidation sites excluding steroid dienone is 1. The number of aromatic nitrogens is 4. The van der Waals surface area contributed by atoms with E-state index in [1.54, 1.807) is 14.0 Å². The van der Waals surface area contributed by atoms with Gasteiger partial charge >= 0.3 is 0 Å². The van der Waals surface area contributed by atoms with Crippen LogP contribution in [-0.2, 0) is 31.5 Å². The number of amides is 4. The molecule has 2 aliphatic heterocycles. The SMILES string of the molecule is Cc1nc2ccc(F)cc2nc1O[C@@H]1C[C@H]2C(=O)N[C@]3(C(=O)NS(=O)(=O)C4CC4)CC3/C=C\CCCCC[C@H](NC(=O)c3ccnn3C)C(=O)N2C1. The molecule has 4 heterocycles. The lowest BCUT2D eigenvalue weighted by Crippen LogP contribution is -2.58. The number of hydrogen-bond donors (Lipinski definition) is 3. The number of nitrogens with one attached hydrogen (secondary N) is 3. The molecule has 1 aromatic carbocycles. The first-order chi connectivity index (χ1) is 24.8. The van der Waals surface area contributed by atoms with Gasteiger partial charge in [-0.2, -0.15) is 5.10 Å². The minimum absolute atomic E-state index is 0.0130. The van der Waals surface area contributed by atoms with Crippen LogP contribution >= 0.6 is 0 Å². The number of ether oxygens (including phenoxy) is 1.